The van der Waals surface area contributed by atoms with Gasteiger partial charge in [-0.15, -0.1) is 11.3 Å². The van der Waals surface area contributed by atoms with Crippen LogP contribution in [-0.4, -0.2) is 26.5 Å². The van der Waals surface area contributed by atoms with Gasteiger partial charge in [0.05, 0.1) is 10.4 Å². The maximum atomic E-state index is 4.88. The molecule has 0 atom stereocenters. The van der Waals surface area contributed by atoms with Gasteiger partial charge in [-0.3, -0.25) is 4.98 Å². The first-order valence-corrected chi connectivity index (χ1v) is 11.4. The Balaban J connectivity index is 1.44. The largest absolute Gasteiger partial charge is 0.369 e. The number of fused-ring (bicyclic) bond motifs is 1. The topological polar surface area (TPSA) is 75.6 Å². The van der Waals surface area contributed by atoms with E-state index in [0.717, 1.165) is 52.5 Å². The molecule has 0 spiro atoms. The summed E-state index contributed by atoms with van der Waals surface area (Å²) in [5.41, 5.74) is 4.09. The highest BCUT2D eigenvalue weighted by atomic mass is 32.1. The van der Waals surface area contributed by atoms with Crippen molar-refractivity contribution in [2.45, 2.75) is 12.8 Å². The first-order chi connectivity index (χ1) is 15.9. The van der Waals surface area contributed by atoms with E-state index in [1.165, 1.54) is 5.56 Å². The monoisotopic (exact) mass is 438 g/mol. The molecule has 0 aliphatic rings. The Bertz CT molecular complexity index is 1290. The van der Waals surface area contributed by atoms with Crippen molar-refractivity contribution in [2.75, 3.05) is 17.2 Å². The van der Waals surface area contributed by atoms with Gasteiger partial charge in [-0.25, -0.2) is 15.0 Å². The average molecular weight is 439 g/mol. The van der Waals surface area contributed by atoms with Gasteiger partial charge in [0.2, 0.25) is 0 Å². The van der Waals surface area contributed by atoms with E-state index in [2.05, 4.69) is 50.2 Å². The summed E-state index contributed by atoms with van der Waals surface area (Å²) < 4.78 is 1.03. The molecule has 1 aromatic carbocycles. The fourth-order valence-corrected chi connectivity index (χ4v) is 4.38. The Morgan fingerprint density at radius 2 is 1.69 bits per heavy atom. The van der Waals surface area contributed by atoms with E-state index >= 15 is 0 Å². The third-order valence-electron chi connectivity index (χ3n) is 5.06. The molecule has 5 aromatic rings. The molecule has 158 valence electrons. The summed E-state index contributed by atoms with van der Waals surface area (Å²) in [5.74, 6) is 2.32. The Hall–Kier alpha value is -3.84. The fraction of sp³-hybridized carbons (Fsp3) is 0.120. The Labute approximate surface area is 190 Å². The van der Waals surface area contributed by atoms with E-state index in [-0.39, 0.29) is 0 Å². The average Bonchev–Trinajstić information content (AvgIpc) is 3.26. The van der Waals surface area contributed by atoms with E-state index < -0.39 is 0 Å². The number of pyridine rings is 2. The van der Waals surface area contributed by atoms with Crippen LogP contribution in [0.3, 0.4) is 0 Å². The number of nitrogens with zero attached hydrogens (tertiary/aromatic N) is 4. The van der Waals surface area contributed by atoms with E-state index in [0.29, 0.717) is 5.82 Å². The van der Waals surface area contributed by atoms with Crippen LogP contribution in [0.4, 0.5) is 17.3 Å². The van der Waals surface area contributed by atoms with Crippen LogP contribution in [0.1, 0.15) is 12.0 Å². The zero-order valence-electron chi connectivity index (χ0n) is 17.4. The molecular formula is C25H22N6S. The van der Waals surface area contributed by atoms with Crippen molar-refractivity contribution >= 4 is 38.9 Å². The minimum Gasteiger partial charge on any atom is -0.369 e. The van der Waals surface area contributed by atoms with Gasteiger partial charge in [0, 0.05) is 36.1 Å². The van der Waals surface area contributed by atoms with Crippen molar-refractivity contribution in [1.29, 1.82) is 0 Å². The molecule has 0 amide bonds. The minimum atomic E-state index is 0.674. The summed E-state index contributed by atoms with van der Waals surface area (Å²) in [4.78, 5) is 18.2. The number of anilines is 3. The molecule has 2 N–H and O–H groups in total. The van der Waals surface area contributed by atoms with Gasteiger partial charge in [-0.05, 0) is 42.7 Å². The minimum absolute atomic E-state index is 0.674. The highest BCUT2D eigenvalue weighted by Gasteiger charge is 2.15. The van der Waals surface area contributed by atoms with Gasteiger partial charge in [-0.2, -0.15) is 0 Å². The molecule has 4 heterocycles. The predicted molar refractivity (Wildman–Crippen MR) is 131 cm³/mol. The Morgan fingerprint density at radius 3 is 2.50 bits per heavy atom. The van der Waals surface area contributed by atoms with Crippen molar-refractivity contribution in [3.8, 4) is 11.4 Å². The molecule has 0 fully saturated rings. The van der Waals surface area contributed by atoms with Gasteiger partial charge in [0.25, 0.3) is 0 Å². The number of aromatic nitrogens is 4. The molecule has 6 nitrogen and oxygen atoms in total. The molecule has 0 saturated heterocycles. The summed E-state index contributed by atoms with van der Waals surface area (Å²) in [5, 5.41) is 9.00. The van der Waals surface area contributed by atoms with Crippen LogP contribution in [0.15, 0.2) is 84.6 Å². The second-order valence-electron chi connectivity index (χ2n) is 7.31. The van der Waals surface area contributed by atoms with Gasteiger partial charge in [0.15, 0.2) is 5.82 Å². The van der Waals surface area contributed by atoms with Crippen LogP contribution in [0, 0.1) is 0 Å². The predicted octanol–water partition coefficient (Wildman–Crippen LogP) is 5.94. The Kier molecular flexibility index (Phi) is 5.98. The summed E-state index contributed by atoms with van der Waals surface area (Å²) in [6, 6.07) is 20.2. The Morgan fingerprint density at radius 1 is 0.844 bits per heavy atom. The maximum absolute atomic E-state index is 4.88. The van der Waals surface area contributed by atoms with Crippen LogP contribution in [0.2, 0.25) is 0 Å². The number of nitrogens with one attached hydrogen (secondary N) is 2. The van der Waals surface area contributed by atoms with E-state index in [1.54, 1.807) is 29.9 Å². The zero-order chi connectivity index (χ0) is 21.6. The number of rotatable bonds is 8. The molecule has 0 bridgehead atoms. The number of hydrogen-bond acceptors (Lipinski definition) is 7. The first-order valence-electron chi connectivity index (χ1n) is 10.5. The molecule has 5 rings (SSSR count). The molecule has 4 aromatic heterocycles. The van der Waals surface area contributed by atoms with Crippen LogP contribution < -0.4 is 10.6 Å². The van der Waals surface area contributed by atoms with Gasteiger partial charge in [-0.1, -0.05) is 36.4 Å². The SMILES string of the molecule is c1ccc(CCCNc2nc(-c3ccncc3)nc3c(Nc4ccccn4)csc23)cc1. The molecular weight excluding hydrogens is 416 g/mol. The fourth-order valence-electron chi connectivity index (χ4n) is 3.48. The number of hydrogen-bond donors (Lipinski definition) is 2. The van der Waals surface area contributed by atoms with Crippen LogP contribution >= 0.6 is 11.3 Å². The second kappa shape index (κ2) is 9.53. The molecule has 7 heteroatoms. The molecule has 0 unspecified atom stereocenters. The lowest BCUT2D eigenvalue weighted by Crippen LogP contribution is -2.06. The summed E-state index contributed by atoms with van der Waals surface area (Å²) in [6.45, 7) is 0.831. The quantitative estimate of drug-likeness (QED) is 0.292. The van der Waals surface area contributed by atoms with Gasteiger partial charge in [0.1, 0.15) is 17.2 Å². The van der Waals surface area contributed by atoms with Crippen LogP contribution in [0.5, 0.6) is 0 Å². The van der Waals surface area contributed by atoms with Crippen LogP contribution in [-0.2, 0) is 6.42 Å². The molecule has 0 saturated carbocycles. The number of aryl methyl sites for hydroxylation is 1. The van der Waals surface area contributed by atoms with E-state index in [4.69, 9.17) is 9.97 Å². The normalized spacial score (nSPS) is 10.9. The van der Waals surface area contributed by atoms with Gasteiger partial charge >= 0.3 is 0 Å². The van der Waals surface area contributed by atoms with Gasteiger partial charge < -0.3 is 10.6 Å². The second-order valence-corrected chi connectivity index (χ2v) is 8.19. The molecule has 0 radical (unpaired) electrons. The lowest BCUT2D eigenvalue weighted by Gasteiger charge is -2.10. The van der Waals surface area contributed by atoms with Crippen molar-refractivity contribution in [2.24, 2.45) is 0 Å². The highest BCUT2D eigenvalue weighted by Crippen LogP contribution is 2.36. The third-order valence-corrected chi connectivity index (χ3v) is 6.03. The summed E-state index contributed by atoms with van der Waals surface area (Å²) >= 11 is 1.63. The van der Waals surface area contributed by atoms with E-state index in [1.807, 2.05) is 36.4 Å². The number of benzene rings is 1. The van der Waals surface area contributed by atoms with E-state index in [9.17, 15) is 0 Å². The highest BCUT2D eigenvalue weighted by molar-refractivity contribution is 7.18. The maximum Gasteiger partial charge on any atom is 0.162 e. The van der Waals surface area contributed by atoms with Crippen molar-refractivity contribution < 1.29 is 0 Å². The first kappa shape index (κ1) is 20.1. The third kappa shape index (κ3) is 4.58. The smallest absolute Gasteiger partial charge is 0.162 e. The number of thiophene rings is 1. The van der Waals surface area contributed by atoms with Crippen molar-refractivity contribution in [3.05, 3.63) is 90.2 Å². The van der Waals surface area contributed by atoms with Crippen LogP contribution in [0.25, 0.3) is 21.6 Å². The molecule has 32 heavy (non-hydrogen) atoms. The zero-order valence-corrected chi connectivity index (χ0v) is 18.2. The summed E-state index contributed by atoms with van der Waals surface area (Å²) in [6.07, 6.45) is 7.34. The van der Waals surface area contributed by atoms with Crippen molar-refractivity contribution in [1.82, 2.24) is 19.9 Å². The standard InChI is InChI=1S/C25H22N6S/c1-2-7-18(8-3-1)9-6-14-28-25-23-22(30-24(31-25)19-11-15-26-16-12-19)20(17-32-23)29-21-10-4-5-13-27-21/h1-5,7-8,10-13,15-17H,6,9,14H2,(H,27,29)(H,28,30,31). The molecule has 0 aliphatic heterocycles. The molecule has 0 aliphatic carbocycles. The lowest BCUT2D eigenvalue weighted by molar-refractivity contribution is 0.860. The van der Waals surface area contributed by atoms with Crippen molar-refractivity contribution in [3.63, 3.8) is 0 Å². The lowest BCUT2D eigenvalue weighted by atomic mass is 10.1. The summed E-state index contributed by atoms with van der Waals surface area (Å²) in [7, 11) is 0.